The molecule has 1 fully saturated rings. The van der Waals surface area contributed by atoms with Crippen LogP contribution in [0.1, 0.15) is 41.1 Å². The second kappa shape index (κ2) is 11.0. The monoisotopic (exact) mass is 488 g/mol. The Kier molecular flexibility index (Phi) is 7.76. The average molecular weight is 489 g/mol. The molecule has 1 unspecified atom stereocenters. The quantitative estimate of drug-likeness (QED) is 0.500. The number of pyridine rings is 1. The van der Waals surface area contributed by atoms with Crippen molar-refractivity contribution < 1.29 is 22.7 Å². The molecule has 2 N–H and O–H groups in total. The van der Waals surface area contributed by atoms with Crippen LogP contribution in [0, 0.1) is 0 Å². The summed E-state index contributed by atoms with van der Waals surface area (Å²) in [6.45, 7) is 5.19. The molecule has 8 nitrogen and oxygen atoms in total. The maximum Gasteiger partial charge on any atom is 0.451 e. The number of aromatic nitrogens is 3. The van der Waals surface area contributed by atoms with E-state index in [1.54, 1.807) is 12.1 Å². The van der Waals surface area contributed by atoms with Crippen LogP contribution < -0.4 is 10.6 Å². The van der Waals surface area contributed by atoms with Gasteiger partial charge in [0.05, 0.1) is 24.8 Å². The SMILES string of the molecule is CCCNc1ccc2c(C(=O)NCC(c3cnc(C(F)(F)F)nc3)N3CCOCC3)cccc2n1. The first-order valence-corrected chi connectivity index (χ1v) is 11.5. The van der Waals surface area contributed by atoms with E-state index >= 15 is 0 Å². The number of ether oxygens (including phenoxy) is 1. The molecule has 186 valence electrons. The fourth-order valence-corrected chi connectivity index (χ4v) is 3.99. The lowest BCUT2D eigenvalue weighted by molar-refractivity contribution is -0.145. The molecule has 0 aliphatic carbocycles. The number of carbonyl (C=O) groups excluding carboxylic acids is 1. The Morgan fingerprint density at radius 2 is 1.89 bits per heavy atom. The first-order valence-electron chi connectivity index (χ1n) is 11.5. The van der Waals surface area contributed by atoms with E-state index in [1.165, 1.54) is 12.4 Å². The number of amides is 1. The number of fused-ring (bicyclic) bond motifs is 1. The Hall–Kier alpha value is -3.31. The van der Waals surface area contributed by atoms with Crippen LogP contribution in [0.3, 0.4) is 0 Å². The van der Waals surface area contributed by atoms with E-state index < -0.39 is 18.0 Å². The first-order chi connectivity index (χ1) is 16.9. The summed E-state index contributed by atoms with van der Waals surface area (Å²) >= 11 is 0. The van der Waals surface area contributed by atoms with Gasteiger partial charge in [0.25, 0.3) is 5.91 Å². The normalized spacial score (nSPS) is 15.7. The van der Waals surface area contributed by atoms with Gasteiger partial charge in [-0.05, 0) is 30.7 Å². The van der Waals surface area contributed by atoms with Crippen molar-refractivity contribution in [1.29, 1.82) is 0 Å². The molecule has 1 amide bonds. The van der Waals surface area contributed by atoms with E-state index in [-0.39, 0.29) is 12.5 Å². The fourth-order valence-electron chi connectivity index (χ4n) is 3.99. The van der Waals surface area contributed by atoms with Crippen LogP contribution in [0.15, 0.2) is 42.7 Å². The molecule has 1 saturated heterocycles. The van der Waals surface area contributed by atoms with E-state index in [4.69, 9.17) is 4.74 Å². The van der Waals surface area contributed by atoms with E-state index in [0.29, 0.717) is 48.3 Å². The van der Waals surface area contributed by atoms with Gasteiger partial charge in [-0.1, -0.05) is 13.0 Å². The third kappa shape index (κ3) is 6.04. The zero-order valence-electron chi connectivity index (χ0n) is 19.3. The van der Waals surface area contributed by atoms with Crippen molar-refractivity contribution in [3.8, 4) is 0 Å². The summed E-state index contributed by atoms with van der Waals surface area (Å²) in [7, 11) is 0. The number of rotatable bonds is 8. The van der Waals surface area contributed by atoms with Gasteiger partial charge in [0, 0.05) is 55.1 Å². The van der Waals surface area contributed by atoms with Crippen molar-refractivity contribution >= 4 is 22.6 Å². The lowest BCUT2D eigenvalue weighted by Crippen LogP contribution is -2.44. The Labute approximate surface area is 200 Å². The van der Waals surface area contributed by atoms with Crippen LogP contribution in [0.4, 0.5) is 19.0 Å². The second-order valence-corrected chi connectivity index (χ2v) is 8.21. The van der Waals surface area contributed by atoms with Crippen LogP contribution in [-0.2, 0) is 10.9 Å². The van der Waals surface area contributed by atoms with E-state index in [9.17, 15) is 18.0 Å². The lowest BCUT2D eigenvalue weighted by Gasteiger charge is -2.34. The Bertz CT molecular complexity index is 1150. The third-order valence-corrected chi connectivity index (χ3v) is 5.79. The number of alkyl halides is 3. The zero-order chi connectivity index (χ0) is 24.8. The molecular formula is C24H27F3N6O2. The van der Waals surface area contributed by atoms with Crippen LogP contribution in [0.25, 0.3) is 10.9 Å². The van der Waals surface area contributed by atoms with Crippen LogP contribution in [0.2, 0.25) is 0 Å². The third-order valence-electron chi connectivity index (χ3n) is 5.79. The Morgan fingerprint density at radius 1 is 1.14 bits per heavy atom. The van der Waals surface area contributed by atoms with Gasteiger partial charge in [-0.15, -0.1) is 0 Å². The minimum Gasteiger partial charge on any atom is -0.379 e. The average Bonchev–Trinajstić information content (AvgIpc) is 2.87. The number of halogens is 3. The molecule has 0 spiro atoms. The number of nitrogens with zero attached hydrogens (tertiary/aromatic N) is 4. The van der Waals surface area contributed by atoms with Crippen molar-refractivity contribution in [3.05, 3.63) is 59.7 Å². The number of hydrogen-bond donors (Lipinski definition) is 2. The molecule has 0 saturated carbocycles. The van der Waals surface area contributed by atoms with Gasteiger partial charge in [0.2, 0.25) is 5.82 Å². The predicted molar refractivity (Wildman–Crippen MR) is 125 cm³/mol. The largest absolute Gasteiger partial charge is 0.451 e. The van der Waals surface area contributed by atoms with E-state index in [0.717, 1.165) is 18.8 Å². The molecule has 3 aromatic rings. The summed E-state index contributed by atoms with van der Waals surface area (Å²) in [5.74, 6) is -0.744. The molecule has 1 aliphatic heterocycles. The highest BCUT2D eigenvalue weighted by Gasteiger charge is 2.35. The lowest BCUT2D eigenvalue weighted by atomic mass is 10.1. The molecule has 11 heteroatoms. The molecule has 2 aromatic heterocycles. The summed E-state index contributed by atoms with van der Waals surface area (Å²) in [6.07, 6.45) is -1.30. The molecule has 0 radical (unpaired) electrons. The number of anilines is 1. The smallest absolute Gasteiger partial charge is 0.379 e. The zero-order valence-corrected chi connectivity index (χ0v) is 19.3. The highest BCUT2D eigenvalue weighted by molar-refractivity contribution is 6.06. The standard InChI is InChI=1S/C24H27F3N6O2/c1-2-8-28-21-7-6-17-18(4-3-5-19(17)32-21)22(34)29-15-20(33-9-11-35-12-10-33)16-13-30-23(31-14-16)24(25,26)27/h3-7,13-14,20H,2,8-12,15H2,1H3,(H,28,32)(H,29,34). The van der Waals surface area contributed by atoms with Crippen LogP contribution in [0.5, 0.6) is 0 Å². The second-order valence-electron chi connectivity index (χ2n) is 8.21. The fraction of sp³-hybridized carbons (Fsp3) is 0.417. The number of benzene rings is 1. The predicted octanol–water partition coefficient (Wildman–Crippen LogP) is 3.67. The first kappa shape index (κ1) is 24.8. The van der Waals surface area contributed by atoms with Crippen molar-refractivity contribution in [2.45, 2.75) is 25.6 Å². The molecule has 4 rings (SSSR count). The van der Waals surface area contributed by atoms with Gasteiger partial charge < -0.3 is 15.4 Å². The van der Waals surface area contributed by atoms with Gasteiger partial charge >= 0.3 is 6.18 Å². The topological polar surface area (TPSA) is 92.3 Å². The minimum absolute atomic E-state index is 0.174. The summed E-state index contributed by atoms with van der Waals surface area (Å²) in [5, 5.41) is 6.89. The molecule has 0 bridgehead atoms. The molecular weight excluding hydrogens is 461 g/mol. The van der Waals surface area contributed by atoms with Gasteiger partial charge in [-0.2, -0.15) is 13.2 Å². The highest BCUT2D eigenvalue weighted by Crippen LogP contribution is 2.27. The minimum atomic E-state index is -4.62. The van der Waals surface area contributed by atoms with E-state index in [1.807, 2.05) is 23.1 Å². The van der Waals surface area contributed by atoms with Gasteiger partial charge in [0.15, 0.2) is 0 Å². The summed E-state index contributed by atoms with van der Waals surface area (Å²) in [5.41, 5.74) is 1.66. The van der Waals surface area contributed by atoms with Crippen molar-refractivity contribution in [1.82, 2.24) is 25.2 Å². The molecule has 35 heavy (non-hydrogen) atoms. The molecule has 3 heterocycles. The molecule has 1 aliphatic rings. The Balaban J connectivity index is 1.53. The maximum atomic E-state index is 13.1. The number of nitrogens with one attached hydrogen (secondary N) is 2. The van der Waals surface area contributed by atoms with Crippen molar-refractivity contribution in [3.63, 3.8) is 0 Å². The Morgan fingerprint density at radius 3 is 2.57 bits per heavy atom. The highest BCUT2D eigenvalue weighted by atomic mass is 19.4. The summed E-state index contributed by atoms with van der Waals surface area (Å²) < 4.78 is 44.1. The number of hydrogen-bond acceptors (Lipinski definition) is 7. The van der Waals surface area contributed by atoms with Gasteiger partial charge in [-0.25, -0.2) is 15.0 Å². The van der Waals surface area contributed by atoms with Crippen molar-refractivity contribution in [2.75, 3.05) is 44.7 Å². The van der Waals surface area contributed by atoms with E-state index in [2.05, 4.69) is 32.5 Å². The van der Waals surface area contributed by atoms with Crippen LogP contribution >= 0.6 is 0 Å². The summed E-state index contributed by atoms with van der Waals surface area (Å²) in [4.78, 5) is 26.8. The number of morpholine rings is 1. The van der Waals surface area contributed by atoms with Gasteiger partial charge in [-0.3, -0.25) is 9.69 Å². The molecule has 1 atom stereocenters. The van der Waals surface area contributed by atoms with Gasteiger partial charge in [0.1, 0.15) is 5.82 Å². The van der Waals surface area contributed by atoms with Crippen LogP contribution in [-0.4, -0.2) is 65.2 Å². The van der Waals surface area contributed by atoms with Crippen molar-refractivity contribution in [2.24, 2.45) is 0 Å². The number of carbonyl (C=O) groups is 1. The molecule has 1 aromatic carbocycles. The summed E-state index contributed by atoms with van der Waals surface area (Å²) in [6, 6.07) is 8.64. The maximum absolute atomic E-state index is 13.1.